The van der Waals surface area contributed by atoms with E-state index >= 15 is 0 Å². The van der Waals surface area contributed by atoms with Gasteiger partial charge in [-0.1, -0.05) is 6.92 Å². The van der Waals surface area contributed by atoms with Crippen LogP contribution in [0.1, 0.15) is 47.5 Å². The van der Waals surface area contributed by atoms with Crippen molar-refractivity contribution in [1.82, 2.24) is 10.2 Å². The van der Waals surface area contributed by atoms with E-state index < -0.39 is 5.60 Å². The fourth-order valence-corrected chi connectivity index (χ4v) is 2.69. The van der Waals surface area contributed by atoms with Crippen molar-refractivity contribution in [3.63, 3.8) is 0 Å². The molecule has 0 radical (unpaired) electrons. The van der Waals surface area contributed by atoms with Crippen LogP contribution in [-0.4, -0.2) is 55.5 Å². The van der Waals surface area contributed by atoms with Gasteiger partial charge in [-0.05, 0) is 46.5 Å². The fourth-order valence-electron chi connectivity index (χ4n) is 2.69. The van der Waals surface area contributed by atoms with E-state index in [-0.39, 0.29) is 12.1 Å². The molecule has 0 saturated carbocycles. The summed E-state index contributed by atoms with van der Waals surface area (Å²) in [6.45, 7) is 12.4. The van der Waals surface area contributed by atoms with Crippen molar-refractivity contribution >= 4 is 6.09 Å². The first-order chi connectivity index (χ1) is 9.74. The second-order valence-electron chi connectivity index (χ2n) is 7.13. The van der Waals surface area contributed by atoms with Crippen molar-refractivity contribution in [1.29, 1.82) is 0 Å². The van der Waals surface area contributed by atoms with Crippen molar-refractivity contribution in [2.24, 2.45) is 5.92 Å². The molecule has 0 aliphatic carbocycles. The number of hydrogen-bond acceptors (Lipinski definition) is 4. The molecular weight excluding hydrogens is 268 g/mol. The molecule has 1 saturated heterocycles. The smallest absolute Gasteiger partial charge is 0.410 e. The van der Waals surface area contributed by atoms with Gasteiger partial charge in [0.15, 0.2) is 0 Å². The normalized spacial score (nSPS) is 24.8. The second-order valence-corrected chi connectivity index (χ2v) is 7.13. The maximum absolute atomic E-state index is 12.3. The number of amides is 1. The Morgan fingerprint density at radius 1 is 1.43 bits per heavy atom. The van der Waals surface area contributed by atoms with Crippen LogP contribution in [0.25, 0.3) is 0 Å². The standard InChI is InChI=1S/C16H32N2O3/c1-12(11-20-6)10-17-14-8-7-9-18(13(14)2)15(19)21-16(3,4)5/h12-14,17H,7-11H2,1-6H3. The quantitative estimate of drug-likeness (QED) is 0.848. The van der Waals surface area contributed by atoms with E-state index in [1.54, 1.807) is 7.11 Å². The van der Waals surface area contributed by atoms with Gasteiger partial charge in [-0.2, -0.15) is 0 Å². The van der Waals surface area contributed by atoms with Crippen molar-refractivity contribution in [3.8, 4) is 0 Å². The summed E-state index contributed by atoms with van der Waals surface area (Å²) in [6, 6.07) is 0.480. The van der Waals surface area contributed by atoms with Gasteiger partial charge in [-0.3, -0.25) is 0 Å². The maximum atomic E-state index is 12.3. The molecule has 0 aromatic rings. The number of methoxy groups -OCH3 is 1. The van der Waals surface area contributed by atoms with Gasteiger partial charge in [0.05, 0.1) is 0 Å². The molecule has 0 bridgehead atoms. The van der Waals surface area contributed by atoms with Gasteiger partial charge in [-0.15, -0.1) is 0 Å². The molecular formula is C16H32N2O3. The topological polar surface area (TPSA) is 50.8 Å². The number of likely N-dealkylation sites (tertiary alicyclic amines) is 1. The van der Waals surface area contributed by atoms with Crippen LogP contribution in [0, 0.1) is 5.92 Å². The van der Waals surface area contributed by atoms with Crippen LogP contribution >= 0.6 is 0 Å². The lowest BCUT2D eigenvalue weighted by molar-refractivity contribution is 0.00668. The highest BCUT2D eigenvalue weighted by Crippen LogP contribution is 2.20. The Morgan fingerprint density at radius 2 is 2.10 bits per heavy atom. The Labute approximate surface area is 129 Å². The highest BCUT2D eigenvalue weighted by Gasteiger charge is 2.33. The molecule has 5 nitrogen and oxygen atoms in total. The Balaban J connectivity index is 2.52. The summed E-state index contributed by atoms with van der Waals surface area (Å²) < 4.78 is 10.7. The zero-order valence-electron chi connectivity index (χ0n) is 14.4. The second kappa shape index (κ2) is 7.99. The summed E-state index contributed by atoms with van der Waals surface area (Å²) in [6.07, 6.45) is 1.91. The first kappa shape index (κ1) is 18.2. The molecule has 1 fully saturated rings. The van der Waals surface area contributed by atoms with Crippen LogP contribution in [0.2, 0.25) is 0 Å². The molecule has 21 heavy (non-hydrogen) atoms. The lowest BCUT2D eigenvalue weighted by Gasteiger charge is -2.40. The summed E-state index contributed by atoms with van der Waals surface area (Å²) in [5.41, 5.74) is -0.440. The van der Waals surface area contributed by atoms with Gasteiger partial charge >= 0.3 is 6.09 Å². The minimum absolute atomic E-state index is 0.156. The average Bonchev–Trinajstić information content (AvgIpc) is 2.35. The molecule has 3 unspecified atom stereocenters. The number of carbonyl (C=O) groups excluding carboxylic acids is 1. The number of hydrogen-bond donors (Lipinski definition) is 1. The predicted molar refractivity (Wildman–Crippen MR) is 84.5 cm³/mol. The molecule has 1 aliphatic heterocycles. The van der Waals surface area contributed by atoms with Crippen LogP contribution in [0.3, 0.4) is 0 Å². The zero-order valence-corrected chi connectivity index (χ0v) is 14.4. The lowest BCUT2D eigenvalue weighted by Crippen LogP contribution is -2.56. The van der Waals surface area contributed by atoms with E-state index in [0.29, 0.717) is 12.0 Å². The summed E-state index contributed by atoms with van der Waals surface area (Å²) >= 11 is 0. The molecule has 5 heteroatoms. The van der Waals surface area contributed by atoms with E-state index in [2.05, 4.69) is 19.2 Å². The fraction of sp³-hybridized carbons (Fsp3) is 0.938. The van der Waals surface area contributed by atoms with Gasteiger partial charge in [0.2, 0.25) is 0 Å². The Morgan fingerprint density at radius 3 is 2.67 bits per heavy atom. The SMILES string of the molecule is COCC(C)CNC1CCCN(C(=O)OC(C)(C)C)C1C. The highest BCUT2D eigenvalue weighted by atomic mass is 16.6. The number of piperidine rings is 1. The Hall–Kier alpha value is -0.810. The molecule has 1 heterocycles. The van der Waals surface area contributed by atoms with E-state index in [4.69, 9.17) is 9.47 Å². The van der Waals surface area contributed by atoms with Crippen LogP contribution in [0.15, 0.2) is 0 Å². The monoisotopic (exact) mass is 300 g/mol. The van der Waals surface area contributed by atoms with E-state index in [1.807, 2.05) is 25.7 Å². The molecule has 0 spiro atoms. The molecule has 0 aromatic carbocycles. The van der Waals surface area contributed by atoms with Crippen LogP contribution in [-0.2, 0) is 9.47 Å². The van der Waals surface area contributed by atoms with Gasteiger partial charge in [0.1, 0.15) is 5.60 Å². The van der Waals surface area contributed by atoms with Crippen LogP contribution < -0.4 is 5.32 Å². The Bertz CT molecular complexity index is 328. The molecule has 124 valence electrons. The van der Waals surface area contributed by atoms with Gasteiger partial charge < -0.3 is 19.7 Å². The third-order valence-electron chi connectivity index (χ3n) is 3.80. The summed E-state index contributed by atoms with van der Waals surface area (Å²) in [5.74, 6) is 0.471. The number of nitrogens with one attached hydrogen (secondary N) is 1. The van der Waals surface area contributed by atoms with Gasteiger partial charge in [0, 0.05) is 38.9 Å². The number of ether oxygens (including phenoxy) is 2. The van der Waals surface area contributed by atoms with Crippen LogP contribution in [0.4, 0.5) is 4.79 Å². The zero-order chi connectivity index (χ0) is 16.0. The van der Waals surface area contributed by atoms with Crippen molar-refractivity contribution < 1.29 is 14.3 Å². The molecule has 1 N–H and O–H groups in total. The van der Waals surface area contributed by atoms with Crippen molar-refractivity contribution in [3.05, 3.63) is 0 Å². The molecule has 1 rings (SSSR count). The number of rotatable bonds is 5. The minimum atomic E-state index is -0.440. The van der Waals surface area contributed by atoms with Gasteiger partial charge in [0.25, 0.3) is 0 Å². The average molecular weight is 300 g/mol. The largest absolute Gasteiger partial charge is 0.444 e. The highest BCUT2D eigenvalue weighted by molar-refractivity contribution is 5.68. The molecule has 0 aromatic heterocycles. The van der Waals surface area contributed by atoms with Crippen molar-refractivity contribution in [2.45, 2.75) is 65.1 Å². The van der Waals surface area contributed by atoms with Gasteiger partial charge in [-0.25, -0.2) is 4.79 Å². The predicted octanol–water partition coefficient (Wildman–Crippen LogP) is 2.65. The van der Waals surface area contributed by atoms with Crippen molar-refractivity contribution in [2.75, 3.05) is 26.8 Å². The molecule has 1 aliphatic rings. The molecule has 1 amide bonds. The third-order valence-corrected chi connectivity index (χ3v) is 3.80. The number of carbonyl (C=O) groups is 1. The molecule has 3 atom stereocenters. The third kappa shape index (κ3) is 6.22. The van der Waals surface area contributed by atoms with E-state index in [1.165, 1.54) is 0 Å². The first-order valence-corrected chi connectivity index (χ1v) is 7.96. The Kier molecular flexibility index (Phi) is 6.94. The summed E-state index contributed by atoms with van der Waals surface area (Å²) in [5, 5.41) is 3.57. The minimum Gasteiger partial charge on any atom is -0.444 e. The van der Waals surface area contributed by atoms with E-state index in [9.17, 15) is 4.79 Å². The summed E-state index contributed by atoms with van der Waals surface area (Å²) in [7, 11) is 1.73. The maximum Gasteiger partial charge on any atom is 0.410 e. The number of nitrogens with zero attached hydrogens (tertiary/aromatic N) is 1. The lowest BCUT2D eigenvalue weighted by atomic mass is 9.97. The van der Waals surface area contributed by atoms with Crippen LogP contribution in [0.5, 0.6) is 0 Å². The summed E-state index contributed by atoms with van der Waals surface area (Å²) in [4.78, 5) is 14.1. The van der Waals surface area contributed by atoms with E-state index in [0.717, 1.165) is 32.5 Å². The first-order valence-electron chi connectivity index (χ1n) is 7.96.